The van der Waals surface area contributed by atoms with Crippen molar-refractivity contribution in [1.29, 1.82) is 0 Å². The van der Waals surface area contributed by atoms with E-state index in [4.69, 9.17) is 27.9 Å². The number of halogens is 3. The number of amides is 1. The van der Waals surface area contributed by atoms with Crippen molar-refractivity contribution in [2.45, 2.75) is 30.7 Å². The zero-order chi connectivity index (χ0) is 23.3. The maximum Gasteiger partial charge on any atom is 0.246 e. The summed E-state index contributed by atoms with van der Waals surface area (Å²) >= 11 is 12.0. The average molecular weight is 504 g/mol. The molecule has 0 aliphatic carbocycles. The molecule has 1 saturated heterocycles. The first kappa shape index (κ1) is 24.7. The number of benzene rings is 2. The van der Waals surface area contributed by atoms with Gasteiger partial charge in [-0.25, -0.2) is 12.8 Å². The lowest BCUT2D eigenvalue weighted by Gasteiger charge is -2.27. The van der Waals surface area contributed by atoms with Gasteiger partial charge in [-0.3, -0.25) is 4.79 Å². The van der Waals surface area contributed by atoms with Crippen LogP contribution in [0.4, 0.5) is 15.8 Å². The molecule has 32 heavy (non-hydrogen) atoms. The van der Waals surface area contributed by atoms with Crippen LogP contribution in [0.1, 0.15) is 19.8 Å². The third-order valence-electron chi connectivity index (χ3n) is 4.94. The Kier molecular flexibility index (Phi) is 8.35. The van der Waals surface area contributed by atoms with E-state index in [1.165, 1.54) is 34.6 Å². The number of hydrogen-bond acceptors (Lipinski definition) is 5. The molecular formula is C21H24Cl2FN3O4S. The fraction of sp³-hybridized carbons (Fsp3) is 0.381. The van der Waals surface area contributed by atoms with E-state index in [1.807, 2.05) is 6.92 Å². The van der Waals surface area contributed by atoms with E-state index in [0.717, 1.165) is 0 Å². The Hall–Kier alpha value is -1.91. The zero-order valence-electron chi connectivity index (χ0n) is 17.4. The summed E-state index contributed by atoms with van der Waals surface area (Å²) in [7, 11) is -3.81. The smallest absolute Gasteiger partial charge is 0.246 e. The molecule has 1 aliphatic heterocycles. The minimum atomic E-state index is -3.81. The van der Waals surface area contributed by atoms with Crippen LogP contribution in [0.5, 0.6) is 0 Å². The number of nitrogens with zero attached hydrogens (tertiary/aromatic N) is 1. The summed E-state index contributed by atoms with van der Waals surface area (Å²) in [6.45, 7) is 3.06. The van der Waals surface area contributed by atoms with Crippen molar-refractivity contribution in [2.75, 3.05) is 36.9 Å². The van der Waals surface area contributed by atoms with E-state index in [2.05, 4.69) is 10.6 Å². The summed E-state index contributed by atoms with van der Waals surface area (Å²) in [5.41, 5.74) is 0.794. The maximum atomic E-state index is 13.4. The summed E-state index contributed by atoms with van der Waals surface area (Å²) in [4.78, 5) is 12.8. The topological polar surface area (TPSA) is 87.7 Å². The van der Waals surface area contributed by atoms with Crippen molar-refractivity contribution < 1.29 is 22.3 Å². The molecule has 0 spiro atoms. The summed E-state index contributed by atoms with van der Waals surface area (Å²) in [6.07, 6.45) is 1.18. The van der Waals surface area contributed by atoms with Crippen molar-refractivity contribution in [2.24, 2.45) is 0 Å². The first-order valence-electron chi connectivity index (χ1n) is 10.1. The molecule has 2 N–H and O–H groups in total. The van der Waals surface area contributed by atoms with Crippen molar-refractivity contribution >= 4 is 50.5 Å². The Balaban J connectivity index is 1.80. The van der Waals surface area contributed by atoms with E-state index < -0.39 is 21.9 Å². The summed E-state index contributed by atoms with van der Waals surface area (Å²) in [5, 5.41) is 5.79. The molecule has 0 aromatic heterocycles. The van der Waals surface area contributed by atoms with Gasteiger partial charge < -0.3 is 15.4 Å². The largest absolute Gasteiger partial charge is 0.379 e. The van der Waals surface area contributed by atoms with Gasteiger partial charge in [-0.2, -0.15) is 4.31 Å². The molecule has 1 amide bonds. The number of rotatable bonds is 8. The number of carbonyl (C=O) groups is 1. The first-order valence-corrected chi connectivity index (χ1v) is 12.3. The van der Waals surface area contributed by atoms with Gasteiger partial charge in [0.05, 0.1) is 23.3 Å². The van der Waals surface area contributed by atoms with Gasteiger partial charge in [0.25, 0.3) is 0 Å². The fourth-order valence-electron chi connectivity index (χ4n) is 3.28. The van der Waals surface area contributed by atoms with Crippen LogP contribution in [0.2, 0.25) is 10.0 Å². The van der Waals surface area contributed by atoms with Gasteiger partial charge in [0.1, 0.15) is 16.8 Å². The molecule has 0 bridgehead atoms. The molecule has 1 fully saturated rings. The van der Waals surface area contributed by atoms with Gasteiger partial charge in [-0.15, -0.1) is 0 Å². The van der Waals surface area contributed by atoms with Gasteiger partial charge in [-0.1, -0.05) is 36.5 Å². The summed E-state index contributed by atoms with van der Waals surface area (Å²) in [6, 6.07) is 7.78. The van der Waals surface area contributed by atoms with Gasteiger partial charge in [-0.05, 0) is 42.8 Å². The molecule has 7 nitrogen and oxygen atoms in total. The molecule has 0 saturated carbocycles. The highest BCUT2D eigenvalue weighted by Crippen LogP contribution is 2.29. The fourth-order valence-corrected chi connectivity index (χ4v) is 5.37. The van der Waals surface area contributed by atoms with Crippen LogP contribution in [-0.2, 0) is 19.6 Å². The van der Waals surface area contributed by atoms with E-state index in [9.17, 15) is 17.6 Å². The van der Waals surface area contributed by atoms with Gasteiger partial charge >= 0.3 is 0 Å². The van der Waals surface area contributed by atoms with Crippen LogP contribution in [0, 0.1) is 5.82 Å². The number of morpholine rings is 1. The molecule has 174 valence electrons. The van der Waals surface area contributed by atoms with E-state index in [1.54, 1.807) is 6.07 Å². The molecule has 2 aromatic rings. The minimum absolute atomic E-state index is 0.0351. The number of anilines is 2. The summed E-state index contributed by atoms with van der Waals surface area (Å²) < 4.78 is 46.0. The SMILES string of the molecule is CCC[C@H](Nc1ccc(Cl)c(S(=O)(=O)N2CCOCC2)c1)C(=O)Nc1ccc(F)c(Cl)c1. The predicted molar refractivity (Wildman–Crippen MR) is 123 cm³/mol. The van der Waals surface area contributed by atoms with E-state index in [0.29, 0.717) is 37.4 Å². The molecule has 3 rings (SSSR count). The average Bonchev–Trinajstić information content (AvgIpc) is 2.77. The Labute approximate surface area is 196 Å². The number of carbonyl (C=O) groups excluding carboxylic acids is 1. The van der Waals surface area contributed by atoms with Gasteiger partial charge in [0, 0.05) is 24.5 Å². The molecule has 11 heteroatoms. The molecular weight excluding hydrogens is 480 g/mol. The Morgan fingerprint density at radius 2 is 1.81 bits per heavy atom. The van der Waals surface area contributed by atoms with Crippen LogP contribution < -0.4 is 10.6 Å². The standard InChI is InChI=1S/C21H24Cl2FN3O4S/c1-2-3-19(21(28)26-14-5-7-18(24)17(23)12-14)25-15-4-6-16(22)20(13-15)32(29,30)27-8-10-31-11-9-27/h4-7,12-13,19,25H,2-3,8-11H2,1H3,(H,26,28)/t19-/m0/s1. The minimum Gasteiger partial charge on any atom is -0.379 e. The Morgan fingerprint density at radius 3 is 2.47 bits per heavy atom. The van der Waals surface area contributed by atoms with Crippen LogP contribution in [-0.4, -0.2) is 51.0 Å². The van der Waals surface area contributed by atoms with Crippen molar-refractivity contribution in [1.82, 2.24) is 4.31 Å². The number of sulfonamides is 1. The second-order valence-corrected chi connectivity index (χ2v) is 9.99. The third kappa shape index (κ3) is 5.90. The molecule has 0 radical (unpaired) electrons. The zero-order valence-corrected chi connectivity index (χ0v) is 19.7. The number of hydrogen-bond donors (Lipinski definition) is 2. The van der Waals surface area contributed by atoms with Gasteiger partial charge in [0.2, 0.25) is 15.9 Å². The lowest BCUT2D eigenvalue weighted by Crippen LogP contribution is -2.40. The first-order chi connectivity index (χ1) is 15.2. The second kappa shape index (κ2) is 10.8. The summed E-state index contributed by atoms with van der Waals surface area (Å²) in [5.74, 6) is -0.940. The van der Waals surface area contributed by atoms with E-state index in [-0.39, 0.29) is 33.9 Å². The molecule has 2 aromatic carbocycles. The van der Waals surface area contributed by atoms with Crippen LogP contribution in [0.25, 0.3) is 0 Å². The van der Waals surface area contributed by atoms with E-state index >= 15 is 0 Å². The van der Waals surface area contributed by atoms with Crippen LogP contribution >= 0.6 is 23.2 Å². The molecule has 1 atom stereocenters. The Morgan fingerprint density at radius 1 is 1.12 bits per heavy atom. The van der Waals surface area contributed by atoms with Crippen molar-refractivity contribution in [3.8, 4) is 0 Å². The molecule has 1 heterocycles. The second-order valence-electron chi connectivity index (χ2n) is 7.27. The van der Waals surface area contributed by atoms with Crippen molar-refractivity contribution in [3.05, 3.63) is 52.3 Å². The molecule has 1 aliphatic rings. The third-order valence-corrected chi connectivity index (χ3v) is 7.61. The van der Waals surface area contributed by atoms with Crippen LogP contribution in [0.15, 0.2) is 41.3 Å². The predicted octanol–water partition coefficient (Wildman–Crippen LogP) is 4.37. The highest BCUT2D eigenvalue weighted by Gasteiger charge is 2.29. The lowest BCUT2D eigenvalue weighted by molar-refractivity contribution is -0.117. The number of ether oxygens (including phenoxy) is 1. The monoisotopic (exact) mass is 503 g/mol. The Bertz CT molecular complexity index is 1080. The van der Waals surface area contributed by atoms with Crippen molar-refractivity contribution in [3.63, 3.8) is 0 Å². The quantitative estimate of drug-likeness (QED) is 0.558. The lowest BCUT2D eigenvalue weighted by atomic mass is 10.1. The maximum absolute atomic E-state index is 13.4. The van der Waals surface area contributed by atoms with Gasteiger partial charge in [0.15, 0.2) is 0 Å². The number of nitrogens with one attached hydrogen (secondary N) is 2. The highest BCUT2D eigenvalue weighted by atomic mass is 35.5. The molecule has 0 unspecified atom stereocenters. The van der Waals surface area contributed by atoms with Crippen LogP contribution in [0.3, 0.4) is 0 Å². The normalized spacial score (nSPS) is 15.9. The highest BCUT2D eigenvalue weighted by molar-refractivity contribution is 7.89.